The summed E-state index contributed by atoms with van der Waals surface area (Å²) in [4.78, 5) is 32.1. The van der Waals surface area contributed by atoms with Gasteiger partial charge >= 0.3 is 0 Å². The molecule has 2 heterocycles. The lowest BCUT2D eigenvalue weighted by Gasteiger charge is -2.16. The topological polar surface area (TPSA) is 89.2 Å². The molecular formula is C10H12N4O2. The summed E-state index contributed by atoms with van der Waals surface area (Å²) in [5.74, 6) is -0.959. The summed E-state index contributed by atoms with van der Waals surface area (Å²) >= 11 is 0. The van der Waals surface area contributed by atoms with Crippen LogP contribution in [0, 0.1) is 12.8 Å². The van der Waals surface area contributed by atoms with Crippen LogP contribution in [0.4, 0.5) is 5.69 Å². The number of primary amides is 1. The number of hydrogen-bond donors (Lipinski definition) is 1. The number of anilines is 1. The number of aryl methyl sites for hydroxylation is 1. The highest BCUT2D eigenvalue weighted by atomic mass is 16.2. The molecule has 6 heteroatoms. The van der Waals surface area contributed by atoms with Crippen molar-refractivity contribution in [3.8, 4) is 0 Å². The summed E-state index contributed by atoms with van der Waals surface area (Å²) in [6.07, 6.45) is 3.16. The van der Waals surface area contributed by atoms with E-state index in [1.807, 2.05) is 0 Å². The molecule has 1 atom stereocenters. The largest absolute Gasteiger partial charge is 0.369 e. The number of carbonyl (C=O) groups excluding carboxylic acids is 2. The van der Waals surface area contributed by atoms with Crippen LogP contribution < -0.4 is 10.6 Å². The Bertz CT molecular complexity index is 446. The van der Waals surface area contributed by atoms with Gasteiger partial charge in [0.15, 0.2) is 0 Å². The van der Waals surface area contributed by atoms with Crippen LogP contribution >= 0.6 is 0 Å². The lowest BCUT2D eigenvalue weighted by molar-refractivity contribution is -0.123. The number of carbonyl (C=O) groups is 2. The van der Waals surface area contributed by atoms with Gasteiger partial charge in [0, 0.05) is 13.0 Å². The Morgan fingerprint density at radius 1 is 1.62 bits per heavy atom. The maximum atomic E-state index is 11.7. The fourth-order valence-electron chi connectivity index (χ4n) is 1.78. The van der Waals surface area contributed by atoms with Crippen molar-refractivity contribution in [2.45, 2.75) is 13.3 Å². The highest BCUT2D eigenvalue weighted by Crippen LogP contribution is 2.25. The van der Waals surface area contributed by atoms with Crippen LogP contribution in [0.25, 0.3) is 0 Å². The van der Waals surface area contributed by atoms with Crippen LogP contribution in [-0.4, -0.2) is 28.3 Å². The molecule has 0 aromatic carbocycles. The normalized spacial score (nSPS) is 20.2. The van der Waals surface area contributed by atoms with Gasteiger partial charge in [0.2, 0.25) is 11.8 Å². The van der Waals surface area contributed by atoms with E-state index in [-0.39, 0.29) is 12.3 Å². The molecule has 16 heavy (non-hydrogen) atoms. The first-order valence-electron chi connectivity index (χ1n) is 4.96. The van der Waals surface area contributed by atoms with Crippen molar-refractivity contribution in [2.24, 2.45) is 11.7 Å². The van der Waals surface area contributed by atoms with Gasteiger partial charge in [-0.1, -0.05) is 0 Å². The molecule has 2 amide bonds. The predicted octanol–water partition coefficient (Wildman–Crippen LogP) is -0.377. The van der Waals surface area contributed by atoms with Crippen LogP contribution in [0.1, 0.15) is 12.1 Å². The molecule has 6 nitrogen and oxygen atoms in total. The van der Waals surface area contributed by atoms with E-state index < -0.39 is 11.8 Å². The molecule has 2 rings (SSSR count). The summed E-state index contributed by atoms with van der Waals surface area (Å²) < 4.78 is 0. The Balaban J connectivity index is 2.27. The summed E-state index contributed by atoms with van der Waals surface area (Å²) in [7, 11) is 0. The molecule has 1 fully saturated rings. The second-order valence-electron chi connectivity index (χ2n) is 3.80. The van der Waals surface area contributed by atoms with Crippen molar-refractivity contribution in [3.05, 3.63) is 18.2 Å². The Morgan fingerprint density at radius 3 is 2.94 bits per heavy atom. The van der Waals surface area contributed by atoms with Gasteiger partial charge in [0.05, 0.1) is 23.5 Å². The molecular weight excluding hydrogens is 208 g/mol. The van der Waals surface area contributed by atoms with E-state index in [0.717, 1.165) is 0 Å². The maximum Gasteiger partial charge on any atom is 0.227 e. The van der Waals surface area contributed by atoms with E-state index >= 15 is 0 Å². The zero-order valence-electron chi connectivity index (χ0n) is 8.88. The standard InChI is InChI=1S/C10H12N4O2/c1-6-8(3-12-5-13-6)14-4-7(10(11)16)2-9(14)15/h3,5,7H,2,4H2,1H3,(H2,11,16). The fourth-order valence-corrected chi connectivity index (χ4v) is 1.78. The number of aromatic nitrogens is 2. The van der Waals surface area contributed by atoms with Crippen molar-refractivity contribution in [3.63, 3.8) is 0 Å². The molecule has 1 aliphatic heterocycles. The van der Waals surface area contributed by atoms with Crippen LogP contribution in [0.3, 0.4) is 0 Å². The first kappa shape index (κ1) is 10.5. The van der Waals surface area contributed by atoms with E-state index in [4.69, 9.17) is 5.73 Å². The van der Waals surface area contributed by atoms with Crippen LogP contribution in [-0.2, 0) is 9.59 Å². The SMILES string of the molecule is Cc1ncncc1N1CC(C(N)=O)CC1=O. The quantitative estimate of drug-likeness (QED) is 0.735. The minimum atomic E-state index is -0.439. The summed E-state index contributed by atoms with van der Waals surface area (Å²) in [5, 5.41) is 0. The second-order valence-corrected chi connectivity index (χ2v) is 3.80. The Morgan fingerprint density at radius 2 is 2.38 bits per heavy atom. The molecule has 1 aliphatic rings. The lowest BCUT2D eigenvalue weighted by Crippen LogP contribution is -2.29. The molecule has 0 radical (unpaired) electrons. The smallest absolute Gasteiger partial charge is 0.227 e. The van der Waals surface area contributed by atoms with Crippen molar-refractivity contribution in [2.75, 3.05) is 11.4 Å². The number of amides is 2. The zero-order valence-corrected chi connectivity index (χ0v) is 8.88. The maximum absolute atomic E-state index is 11.7. The summed E-state index contributed by atoms with van der Waals surface area (Å²) in [6.45, 7) is 2.12. The molecule has 1 aromatic rings. The average Bonchev–Trinajstić information content (AvgIpc) is 2.61. The molecule has 2 N–H and O–H groups in total. The van der Waals surface area contributed by atoms with Crippen molar-refractivity contribution in [1.29, 1.82) is 0 Å². The summed E-state index contributed by atoms with van der Waals surface area (Å²) in [5.41, 5.74) is 6.55. The van der Waals surface area contributed by atoms with Crippen LogP contribution in [0.5, 0.6) is 0 Å². The van der Waals surface area contributed by atoms with E-state index in [2.05, 4.69) is 9.97 Å². The minimum Gasteiger partial charge on any atom is -0.369 e. The van der Waals surface area contributed by atoms with Crippen LogP contribution in [0.15, 0.2) is 12.5 Å². The van der Waals surface area contributed by atoms with Crippen molar-refractivity contribution < 1.29 is 9.59 Å². The average molecular weight is 220 g/mol. The molecule has 1 unspecified atom stereocenters. The van der Waals surface area contributed by atoms with E-state index in [1.165, 1.54) is 11.2 Å². The molecule has 0 spiro atoms. The highest BCUT2D eigenvalue weighted by molar-refractivity contribution is 6.00. The molecule has 0 aliphatic carbocycles. The van der Waals surface area contributed by atoms with Gasteiger partial charge in [0.1, 0.15) is 6.33 Å². The number of nitrogens with zero attached hydrogens (tertiary/aromatic N) is 3. The first-order valence-corrected chi connectivity index (χ1v) is 4.96. The molecule has 0 bridgehead atoms. The second kappa shape index (κ2) is 3.88. The molecule has 1 aromatic heterocycles. The number of hydrogen-bond acceptors (Lipinski definition) is 4. The van der Waals surface area contributed by atoms with Gasteiger partial charge in [-0.2, -0.15) is 0 Å². The third-order valence-corrected chi connectivity index (χ3v) is 2.70. The van der Waals surface area contributed by atoms with E-state index in [9.17, 15) is 9.59 Å². The van der Waals surface area contributed by atoms with Gasteiger partial charge < -0.3 is 10.6 Å². The van der Waals surface area contributed by atoms with Crippen molar-refractivity contribution in [1.82, 2.24) is 9.97 Å². The van der Waals surface area contributed by atoms with Gasteiger partial charge in [-0.15, -0.1) is 0 Å². The Kier molecular flexibility index (Phi) is 2.55. The predicted molar refractivity (Wildman–Crippen MR) is 56.4 cm³/mol. The third-order valence-electron chi connectivity index (χ3n) is 2.70. The van der Waals surface area contributed by atoms with Crippen LogP contribution in [0.2, 0.25) is 0 Å². The van der Waals surface area contributed by atoms with Gasteiger partial charge in [-0.05, 0) is 6.92 Å². The Labute approximate surface area is 92.5 Å². The van der Waals surface area contributed by atoms with Gasteiger partial charge in [0.25, 0.3) is 0 Å². The molecule has 0 saturated carbocycles. The fraction of sp³-hybridized carbons (Fsp3) is 0.400. The molecule has 1 saturated heterocycles. The van der Waals surface area contributed by atoms with Gasteiger partial charge in [-0.3, -0.25) is 9.59 Å². The lowest BCUT2D eigenvalue weighted by atomic mass is 10.1. The Hall–Kier alpha value is -1.98. The third kappa shape index (κ3) is 1.73. The zero-order chi connectivity index (χ0) is 11.7. The van der Waals surface area contributed by atoms with Crippen molar-refractivity contribution >= 4 is 17.5 Å². The number of nitrogens with two attached hydrogens (primary N) is 1. The monoisotopic (exact) mass is 220 g/mol. The highest BCUT2D eigenvalue weighted by Gasteiger charge is 2.34. The first-order chi connectivity index (χ1) is 7.59. The number of rotatable bonds is 2. The van der Waals surface area contributed by atoms with E-state index in [1.54, 1.807) is 13.1 Å². The summed E-state index contributed by atoms with van der Waals surface area (Å²) in [6, 6.07) is 0. The molecule has 84 valence electrons. The van der Waals surface area contributed by atoms with Gasteiger partial charge in [-0.25, -0.2) is 9.97 Å². The minimum absolute atomic E-state index is 0.110. The van der Waals surface area contributed by atoms with E-state index in [0.29, 0.717) is 17.9 Å².